The van der Waals surface area contributed by atoms with Crippen LogP contribution >= 0.6 is 0 Å². The third-order valence-corrected chi connectivity index (χ3v) is 2.69. The zero-order valence-electron chi connectivity index (χ0n) is 11.8. The highest BCUT2D eigenvalue weighted by molar-refractivity contribution is 5.92. The monoisotopic (exact) mass is 328 g/mol. The number of amides is 1. The molecule has 2 aromatic rings. The fourth-order valence-electron chi connectivity index (χ4n) is 1.66. The maximum absolute atomic E-state index is 12.6. The van der Waals surface area contributed by atoms with Gasteiger partial charge in [-0.2, -0.15) is 13.2 Å². The zero-order chi connectivity index (χ0) is 17.0. The smallest absolute Gasteiger partial charge is 0.433 e. The Hall–Kier alpha value is -2.91. The van der Waals surface area contributed by atoms with Crippen molar-refractivity contribution in [2.75, 3.05) is 7.11 Å². The van der Waals surface area contributed by atoms with Gasteiger partial charge in [0.05, 0.1) is 12.7 Å². The Balaban J connectivity index is 2.23. The van der Waals surface area contributed by atoms with Crippen LogP contribution in [0.2, 0.25) is 0 Å². The molecule has 0 saturated heterocycles. The summed E-state index contributed by atoms with van der Waals surface area (Å²) in [5.74, 6) is -1.23. The van der Waals surface area contributed by atoms with Crippen LogP contribution in [0.4, 0.5) is 13.2 Å². The SMILES string of the molecule is COc1nc(C(F)(F)F)ccc1COc1nccnc1C(N)=O. The van der Waals surface area contributed by atoms with E-state index in [4.69, 9.17) is 15.2 Å². The highest BCUT2D eigenvalue weighted by Gasteiger charge is 2.33. The van der Waals surface area contributed by atoms with Crippen molar-refractivity contribution >= 4 is 5.91 Å². The maximum Gasteiger partial charge on any atom is 0.433 e. The Kier molecular flexibility index (Phi) is 4.63. The van der Waals surface area contributed by atoms with E-state index < -0.39 is 17.8 Å². The number of primary amides is 1. The Morgan fingerprint density at radius 3 is 2.52 bits per heavy atom. The maximum atomic E-state index is 12.6. The van der Waals surface area contributed by atoms with Gasteiger partial charge in [-0.05, 0) is 12.1 Å². The summed E-state index contributed by atoms with van der Waals surface area (Å²) in [6.07, 6.45) is -2.05. The van der Waals surface area contributed by atoms with Gasteiger partial charge in [0.25, 0.3) is 5.91 Å². The van der Waals surface area contributed by atoms with E-state index in [2.05, 4.69) is 15.0 Å². The molecule has 0 aliphatic heterocycles. The molecule has 0 radical (unpaired) electrons. The lowest BCUT2D eigenvalue weighted by Gasteiger charge is -2.12. The normalized spacial score (nSPS) is 11.1. The van der Waals surface area contributed by atoms with Crippen LogP contribution in [0, 0.1) is 0 Å². The molecule has 10 heteroatoms. The van der Waals surface area contributed by atoms with Crippen LogP contribution < -0.4 is 15.2 Å². The Labute approximate surface area is 128 Å². The molecule has 7 nitrogen and oxygen atoms in total. The zero-order valence-corrected chi connectivity index (χ0v) is 11.8. The van der Waals surface area contributed by atoms with E-state index in [1.165, 1.54) is 19.5 Å². The fourth-order valence-corrected chi connectivity index (χ4v) is 1.66. The lowest BCUT2D eigenvalue weighted by atomic mass is 10.2. The summed E-state index contributed by atoms with van der Waals surface area (Å²) < 4.78 is 47.9. The number of carbonyl (C=O) groups is 1. The molecular formula is C13H11F3N4O3. The molecule has 0 aliphatic carbocycles. The van der Waals surface area contributed by atoms with Gasteiger partial charge in [-0.25, -0.2) is 15.0 Å². The van der Waals surface area contributed by atoms with Crippen molar-refractivity contribution < 1.29 is 27.4 Å². The largest absolute Gasteiger partial charge is 0.481 e. The van der Waals surface area contributed by atoms with Crippen molar-refractivity contribution in [2.24, 2.45) is 5.73 Å². The number of aromatic nitrogens is 3. The highest BCUT2D eigenvalue weighted by Crippen LogP contribution is 2.30. The van der Waals surface area contributed by atoms with E-state index in [1.54, 1.807) is 0 Å². The van der Waals surface area contributed by atoms with Crippen molar-refractivity contribution in [2.45, 2.75) is 12.8 Å². The van der Waals surface area contributed by atoms with Crippen LogP contribution in [0.15, 0.2) is 24.5 Å². The highest BCUT2D eigenvalue weighted by atomic mass is 19.4. The third kappa shape index (κ3) is 3.84. The minimum absolute atomic E-state index is 0.137. The molecule has 2 heterocycles. The van der Waals surface area contributed by atoms with E-state index in [0.29, 0.717) is 0 Å². The number of nitrogens with two attached hydrogens (primary N) is 1. The lowest BCUT2D eigenvalue weighted by molar-refractivity contribution is -0.141. The predicted molar refractivity (Wildman–Crippen MR) is 70.7 cm³/mol. The average Bonchev–Trinajstić information content (AvgIpc) is 2.52. The van der Waals surface area contributed by atoms with Gasteiger partial charge >= 0.3 is 6.18 Å². The first-order valence-corrected chi connectivity index (χ1v) is 6.17. The quantitative estimate of drug-likeness (QED) is 0.894. The number of rotatable bonds is 5. The lowest BCUT2D eigenvalue weighted by Crippen LogP contribution is -2.16. The van der Waals surface area contributed by atoms with Crippen LogP contribution in [0.3, 0.4) is 0 Å². The number of alkyl halides is 3. The number of pyridine rings is 1. The summed E-state index contributed by atoms with van der Waals surface area (Å²) >= 11 is 0. The summed E-state index contributed by atoms with van der Waals surface area (Å²) in [6, 6.07) is 1.96. The predicted octanol–water partition coefficient (Wildman–Crippen LogP) is 1.58. The minimum atomic E-state index is -4.59. The summed E-state index contributed by atoms with van der Waals surface area (Å²) in [6.45, 7) is -0.229. The summed E-state index contributed by atoms with van der Waals surface area (Å²) in [5.41, 5.74) is 4.09. The summed E-state index contributed by atoms with van der Waals surface area (Å²) in [4.78, 5) is 22.1. The number of methoxy groups -OCH3 is 1. The van der Waals surface area contributed by atoms with Crippen LogP contribution in [0.5, 0.6) is 11.8 Å². The van der Waals surface area contributed by atoms with E-state index in [-0.39, 0.29) is 29.6 Å². The fraction of sp³-hybridized carbons (Fsp3) is 0.231. The molecular weight excluding hydrogens is 317 g/mol. The van der Waals surface area contributed by atoms with E-state index in [1.807, 2.05) is 0 Å². The van der Waals surface area contributed by atoms with Crippen molar-refractivity contribution in [1.82, 2.24) is 15.0 Å². The molecule has 0 spiro atoms. The van der Waals surface area contributed by atoms with Crippen molar-refractivity contribution in [3.05, 3.63) is 41.5 Å². The topological polar surface area (TPSA) is 100 Å². The van der Waals surface area contributed by atoms with Crippen LogP contribution in [-0.4, -0.2) is 28.0 Å². The van der Waals surface area contributed by atoms with Gasteiger partial charge in [-0.15, -0.1) is 0 Å². The van der Waals surface area contributed by atoms with Gasteiger partial charge in [0.1, 0.15) is 12.3 Å². The molecule has 2 N–H and O–H groups in total. The second kappa shape index (κ2) is 6.46. The van der Waals surface area contributed by atoms with Gasteiger partial charge in [-0.3, -0.25) is 4.79 Å². The number of hydrogen-bond donors (Lipinski definition) is 1. The van der Waals surface area contributed by atoms with Gasteiger partial charge in [-0.1, -0.05) is 0 Å². The van der Waals surface area contributed by atoms with Gasteiger partial charge in [0.15, 0.2) is 5.69 Å². The van der Waals surface area contributed by atoms with E-state index in [9.17, 15) is 18.0 Å². The Morgan fingerprint density at radius 2 is 1.91 bits per heavy atom. The van der Waals surface area contributed by atoms with Crippen LogP contribution in [-0.2, 0) is 12.8 Å². The molecule has 0 bridgehead atoms. The van der Waals surface area contributed by atoms with Gasteiger partial charge in [0, 0.05) is 12.4 Å². The van der Waals surface area contributed by atoms with Gasteiger partial charge < -0.3 is 15.2 Å². The molecule has 23 heavy (non-hydrogen) atoms. The van der Waals surface area contributed by atoms with E-state index in [0.717, 1.165) is 12.1 Å². The molecule has 2 rings (SSSR count). The van der Waals surface area contributed by atoms with Crippen LogP contribution in [0.25, 0.3) is 0 Å². The first-order chi connectivity index (χ1) is 10.8. The first-order valence-electron chi connectivity index (χ1n) is 6.17. The molecule has 0 unspecified atom stereocenters. The molecule has 2 aromatic heterocycles. The van der Waals surface area contributed by atoms with E-state index >= 15 is 0 Å². The third-order valence-electron chi connectivity index (χ3n) is 2.69. The number of carbonyl (C=O) groups excluding carboxylic acids is 1. The van der Waals surface area contributed by atoms with Crippen molar-refractivity contribution in [3.63, 3.8) is 0 Å². The Morgan fingerprint density at radius 1 is 1.22 bits per heavy atom. The molecule has 0 saturated carbocycles. The minimum Gasteiger partial charge on any atom is -0.481 e. The number of hydrogen-bond acceptors (Lipinski definition) is 6. The standard InChI is InChI=1S/C13H11F3N4O3/c1-22-11-7(2-3-8(20-11)13(14,15)16)6-23-12-9(10(17)21)18-4-5-19-12/h2-5H,6H2,1H3,(H2,17,21). The molecule has 0 aliphatic rings. The number of ether oxygens (including phenoxy) is 2. The van der Waals surface area contributed by atoms with Crippen molar-refractivity contribution in [3.8, 4) is 11.8 Å². The molecule has 122 valence electrons. The second-order valence-corrected chi connectivity index (χ2v) is 4.23. The van der Waals surface area contributed by atoms with Crippen molar-refractivity contribution in [1.29, 1.82) is 0 Å². The molecule has 0 aromatic carbocycles. The van der Waals surface area contributed by atoms with Crippen LogP contribution in [0.1, 0.15) is 21.7 Å². The number of nitrogens with zero attached hydrogens (tertiary/aromatic N) is 3. The number of halogens is 3. The molecule has 0 atom stereocenters. The summed E-state index contributed by atoms with van der Waals surface area (Å²) in [5, 5.41) is 0. The average molecular weight is 328 g/mol. The van der Waals surface area contributed by atoms with Gasteiger partial charge in [0.2, 0.25) is 11.8 Å². The molecule has 0 fully saturated rings. The molecule has 1 amide bonds. The second-order valence-electron chi connectivity index (χ2n) is 4.23. The Bertz CT molecular complexity index is 722. The first kappa shape index (κ1) is 16.5. The summed E-state index contributed by atoms with van der Waals surface area (Å²) in [7, 11) is 1.18.